The molecule has 0 aliphatic heterocycles. The Hall–Kier alpha value is -2.39. The van der Waals surface area contributed by atoms with Gasteiger partial charge in [0.05, 0.1) is 17.1 Å². The highest BCUT2D eigenvalue weighted by molar-refractivity contribution is 14.1. The Morgan fingerprint density at radius 1 is 0.964 bits per heavy atom. The number of pyridine rings is 1. The van der Waals surface area contributed by atoms with Crippen molar-refractivity contribution in [1.82, 2.24) is 4.57 Å². The van der Waals surface area contributed by atoms with Crippen LogP contribution in [0.15, 0.2) is 101 Å². The van der Waals surface area contributed by atoms with E-state index in [4.69, 9.17) is 0 Å². The second kappa shape index (κ2) is 8.74. The van der Waals surface area contributed by atoms with Crippen LogP contribution < -0.4 is 9.73 Å². The van der Waals surface area contributed by atoms with E-state index in [9.17, 15) is 13.2 Å². The van der Waals surface area contributed by atoms with E-state index in [0.717, 1.165) is 3.57 Å². The van der Waals surface area contributed by atoms with Crippen LogP contribution in [-0.4, -0.2) is 19.5 Å². The number of sulfonamides is 1. The van der Waals surface area contributed by atoms with Gasteiger partial charge in [0.1, 0.15) is 0 Å². The number of anilines is 1. The molecule has 3 aromatic rings. The second-order valence-electron chi connectivity index (χ2n) is 6.23. The summed E-state index contributed by atoms with van der Waals surface area (Å²) in [6.07, 6.45) is 3.33. The first-order chi connectivity index (χ1) is 13.4. The molecular formula is C21H19IN2O3S. The van der Waals surface area contributed by atoms with E-state index in [0.29, 0.717) is 17.8 Å². The lowest BCUT2D eigenvalue weighted by Crippen LogP contribution is -2.34. The van der Waals surface area contributed by atoms with Gasteiger partial charge in [-0.05, 0) is 52.4 Å². The summed E-state index contributed by atoms with van der Waals surface area (Å²) in [4.78, 5) is 11.5. The minimum Gasteiger partial charge on any atom is -0.350 e. The zero-order chi connectivity index (χ0) is 20.1. The summed E-state index contributed by atoms with van der Waals surface area (Å²) in [6.45, 7) is 4.60. The van der Waals surface area contributed by atoms with Crippen LogP contribution in [0, 0.1) is 3.57 Å². The lowest BCUT2D eigenvalue weighted by atomic mass is 10.2. The van der Waals surface area contributed by atoms with Crippen molar-refractivity contribution in [3.8, 4) is 0 Å². The van der Waals surface area contributed by atoms with E-state index in [-0.39, 0.29) is 16.9 Å². The maximum absolute atomic E-state index is 13.4. The minimum atomic E-state index is -3.76. The first-order valence-corrected chi connectivity index (χ1v) is 11.0. The molecule has 5 nitrogen and oxygen atoms in total. The lowest BCUT2D eigenvalue weighted by molar-refractivity contribution is 0.591. The van der Waals surface area contributed by atoms with Crippen LogP contribution in [0.1, 0.15) is 0 Å². The Kier molecular flexibility index (Phi) is 6.35. The standard InChI is InChI=1S/C21H19IN2O3S/c1-17(15-23-13-11-18(25)12-14-23)16-24(21-10-6-5-9-20(21)22)28(26,27)19-7-3-2-4-8-19/h2-14H,1,15-16H2. The highest BCUT2D eigenvalue weighted by Crippen LogP contribution is 2.29. The molecular weight excluding hydrogens is 487 g/mol. The third kappa shape index (κ3) is 4.71. The molecule has 7 heteroatoms. The summed E-state index contributed by atoms with van der Waals surface area (Å²) in [5, 5.41) is 0. The van der Waals surface area contributed by atoms with Gasteiger partial charge in [-0.25, -0.2) is 8.42 Å². The molecule has 144 valence electrons. The predicted molar refractivity (Wildman–Crippen MR) is 120 cm³/mol. The Labute approximate surface area is 178 Å². The summed E-state index contributed by atoms with van der Waals surface area (Å²) < 4.78 is 30.7. The monoisotopic (exact) mass is 506 g/mol. The molecule has 0 aliphatic carbocycles. The van der Waals surface area contributed by atoms with Crippen LogP contribution in [0.3, 0.4) is 0 Å². The molecule has 0 aliphatic rings. The number of aromatic nitrogens is 1. The maximum Gasteiger partial charge on any atom is 0.264 e. The molecule has 0 spiro atoms. The molecule has 0 saturated heterocycles. The van der Waals surface area contributed by atoms with Gasteiger partial charge in [0, 0.05) is 34.6 Å². The van der Waals surface area contributed by atoms with E-state index >= 15 is 0 Å². The normalized spacial score (nSPS) is 11.2. The molecule has 0 radical (unpaired) electrons. The smallest absolute Gasteiger partial charge is 0.264 e. The van der Waals surface area contributed by atoms with E-state index in [1.807, 2.05) is 18.2 Å². The fraction of sp³-hybridized carbons (Fsp3) is 0.0952. The summed E-state index contributed by atoms with van der Waals surface area (Å²) in [7, 11) is -3.76. The van der Waals surface area contributed by atoms with E-state index in [1.54, 1.807) is 53.4 Å². The molecule has 0 unspecified atom stereocenters. The molecule has 2 aromatic carbocycles. The van der Waals surface area contributed by atoms with Gasteiger partial charge in [-0.1, -0.05) is 36.9 Å². The van der Waals surface area contributed by atoms with Gasteiger partial charge in [0.15, 0.2) is 5.43 Å². The van der Waals surface area contributed by atoms with Crippen molar-refractivity contribution in [3.63, 3.8) is 0 Å². The van der Waals surface area contributed by atoms with Crippen molar-refractivity contribution < 1.29 is 8.42 Å². The average molecular weight is 506 g/mol. The summed E-state index contributed by atoms with van der Waals surface area (Å²) >= 11 is 2.13. The third-order valence-electron chi connectivity index (χ3n) is 4.09. The Bertz CT molecular complexity index is 1120. The highest BCUT2D eigenvalue weighted by Gasteiger charge is 2.26. The van der Waals surface area contributed by atoms with Crippen molar-refractivity contribution in [2.45, 2.75) is 11.4 Å². The molecule has 0 N–H and O–H groups in total. The first kappa shape index (κ1) is 20.3. The number of benzene rings is 2. The number of hydrogen-bond acceptors (Lipinski definition) is 3. The number of para-hydroxylation sites is 1. The summed E-state index contributed by atoms with van der Waals surface area (Å²) in [5.41, 5.74) is 1.23. The summed E-state index contributed by atoms with van der Waals surface area (Å²) in [5.74, 6) is 0. The van der Waals surface area contributed by atoms with E-state index in [1.165, 1.54) is 16.4 Å². The van der Waals surface area contributed by atoms with Crippen molar-refractivity contribution in [1.29, 1.82) is 0 Å². The quantitative estimate of drug-likeness (QED) is 0.361. The second-order valence-corrected chi connectivity index (χ2v) is 9.26. The van der Waals surface area contributed by atoms with Crippen LogP contribution >= 0.6 is 22.6 Å². The molecule has 3 rings (SSSR count). The van der Waals surface area contributed by atoms with Crippen molar-refractivity contribution in [3.05, 3.63) is 105 Å². The largest absolute Gasteiger partial charge is 0.350 e. The van der Waals surface area contributed by atoms with Crippen LogP contribution in [-0.2, 0) is 16.6 Å². The fourth-order valence-electron chi connectivity index (χ4n) is 2.73. The predicted octanol–water partition coefficient (Wildman–Crippen LogP) is 3.90. The average Bonchev–Trinajstić information content (AvgIpc) is 2.69. The Balaban J connectivity index is 1.95. The number of halogens is 1. The van der Waals surface area contributed by atoms with Crippen LogP contribution in [0.25, 0.3) is 0 Å². The van der Waals surface area contributed by atoms with Crippen molar-refractivity contribution in [2.75, 3.05) is 10.8 Å². The fourth-order valence-corrected chi connectivity index (χ4v) is 5.10. The van der Waals surface area contributed by atoms with E-state index in [2.05, 4.69) is 29.2 Å². The van der Waals surface area contributed by atoms with Gasteiger partial charge < -0.3 is 4.57 Å². The van der Waals surface area contributed by atoms with Gasteiger partial charge >= 0.3 is 0 Å². The molecule has 0 fully saturated rings. The molecule has 0 amide bonds. The molecule has 0 bridgehead atoms. The van der Waals surface area contributed by atoms with Gasteiger partial charge in [-0.3, -0.25) is 9.10 Å². The third-order valence-corrected chi connectivity index (χ3v) is 6.77. The zero-order valence-corrected chi connectivity index (χ0v) is 18.0. The maximum atomic E-state index is 13.4. The first-order valence-electron chi connectivity index (χ1n) is 8.53. The molecule has 0 atom stereocenters. The Morgan fingerprint density at radius 3 is 2.21 bits per heavy atom. The van der Waals surface area contributed by atoms with E-state index < -0.39 is 10.0 Å². The van der Waals surface area contributed by atoms with Gasteiger partial charge in [0.25, 0.3) is 10.0 Å². The van der Waals surface area contributed by atoms with Crippen molar-refractivity contribution >= 4 is 38.3 Å². The minimum absolute atomic E-state index is 0.0750. The molecule has 0 saturated carbocycles. The summed E-state index contributed by atoms with van der Waals surface area (Å²) in [6, 6.07) is 18.6. The van der Waals surface area contributed by atoms with Crippen LogP contribution in [0.2, 0.25) is 0 Å². The molecule has 1 aromatic heterocycles. The highest BCUT2D eigenvalue weighted by atomic mass is 127. The van der Waals surface area contributed by atoms with Gasteiger partial charge in [-0.2, -0.15) is 0 Å². The van der Waals surface area contributed by atoms with Gasteiger partial charge in [-0.15, -0.1) is 0 Å². The van der Waals surface area contributed by atoms with Crippen molar-refractivity contribution in [2.24, 2.45) is 0 Å². The topological polar surface area (TPSA) is 59.4 Å². The zero-order valence-electron chi connectivity index (χ0n) is 15.0. The van der Waals surface area contributed by atoms with Crippen LogP contribution in [0.4, 0.5) is 5.69 Å². The van der Waals surface area contributed by atoms with Gasteiger partial charge in [0.2, 0.25) is 0 Å². The molecule has 28 heavy (non-hydrogen) atoms. The van der Waals surface area contributed by atoms with Crippen LogP contribution in [0.5, 0.6) is 0 Å². The number of nitrogens with zero attached hydrogens (tertiary/aromatic N) is 2. The SMILES string of the molecule is C=C(CN(c1ccccc1I)S(=O)(=O)c1ccccc1)Cn1ccc(=O)cc1. The molecule has 1 heterocycles. The Morgan fingerprint density at radius 2 is 1.57 bits per heavy atom. The number of rotatable bonds is 7. The lowest BCUT2D eigenvalue weighted by Gasteiger charge is -2.26. The number of hydrogen-bond donors (Lipinski definition) is 0.